The van der Waals surface area contributed by atoms with Gasteiger partial charge < -0.3 is 10.1 Å². The molecule has 0 aliphatic heterocycles. The lowest BCUT2D eigenvalue weighted by Crippen LogP contribution is -2.26. The zero-order valence-electron chi connectivity index (χ0n) is 16.3. The Hall–Kier alpha value is -2.99. The van der Waals surface area contributed by atoms with Crippen LogP contribution in [-0.4, -0.2) is 24.0 Å². The number of aromatic nitrogens is 1. The van der Waals surface area contributed by atoms with E-state index in [2.05, 4.69) is 41.5 Å². The molecule has 1 amide bonds. The third-order valence-corrected chi connectivity index (χ3v) is 5.81. The fourth-order valence-corrected chi connectivity index (χ4v) is 3.95. The molecule has 3 aromatic rings. The first-order valence-corrected chi connectivity index (χ1v) is 9.74. The number of nitrogens with zero attached hydrogens (tertiary/aromatic N) is 1. The highest BCUT2D eigenvalue weighted by Crippen LogP contribution is 2.32. The van der Waals surface area contributed by atoms with Crippen molar-refractivity contribution >= 4 is 23.2 Å². The molecular formula is C22H22N2O3S. The average molecular weight is 394 g/mol. The molecule has 0 aliphatic carbocycles. The van der Waals surface area contributed by atoms with Crippen LogP contribution in [0.2, 0.25) is 0 Å². The van der Waals surface area contributed by atoms with Crippen LogP contribution in [0.5, 0.6) is 0 Å². The minimum atomic E-state index is -0.469. The second-order valence-electron chi connectivity index (χ2n) is 6.60. The lowest BCUT2D eigenvalue weighted by atomic mass is 10.1. The summed E-state index contributed by atoms with van der Waals surface area (Å²) in [5.74, 6) is -0.716. The molecular weight excluding hydrogens is 372 g/mol. The maximum atomic E-state index is 12.6. The monoisotopic (exact) mass is 394 g/mol. The normalized spacial score (nSPS) is 11.7. The van der Waals surface area contributed by atoms with Gasteiger partial charge in [0.25, 0.3) is 5.91 Å². The van der Waals surface area contributed by atoms with E-state index in [4.69, 9.17) is 4.74 Å². The standard InChI is InChI=1S/C22H22N2O3S/c1-13-8-10-16(11-9-13)21-24-15(3)19(28-21)14(2)23-20(25)17-6-5-7-18(12-17)22(26)27-4/h5-12,14H,1-4H3,(H,23,25). The topological polar surface area (TPSA) is 68.3 Å². The number of amides is 1. The van der Waals surface area contributed by atoms with Crippen molar-refractivity contribution in [2.75, 3.05) is 7.11 Å². The second kappa shape index (κ2) is 8.35. The molecule has 0 aliphatic rings. The molecule has 1 unspecified atom stereocenters. The zero-order valence-corrected chi connectivity index (χ0v) is 17.1. The van der Waals surface area contributed by atoms with Crippen LogP contribution in [0.25, 0.3) is 10.6 Å². The van der Waals surface area contributed by atoms with E-state index in [1.54, 1.807) is 29.5 Å². The Bertz CT molecular complexity index is 1010. The maximum absolute atomic E-state index is 12.6. The first-order chi connectivity index (χ1) is 13.4. The van der Waals surface area contributed by atoms with Crippen LogP contribution in [0.1, 0.15) is 49.8 Å². The fourth-order valence-electron chi connectivity index (χ4n) is 2.88. The van der Waals surface area contributed by atoms with Gasteiger partial charge in [-0.1, -0.05) is 35.9 Å². The van der Waals surface area contributed by atoms with Crippen molar-refractivity contribution in [2.45, 2.75) is 26.8 Å². The van der Waals surface area contributed by atoms with Gasteiger partial charge in [-0.05, 0) is 39.0 Å². The third-order valence-electron chi connectivity index (χ3n) is 4.42. The number of carbonyl (C=O) groups is 2. The van der Waals surface area contributed by atoms with Crippen molar-refractivity contribution in [3.8, 4) is 10.6 Å². The molecule has 28 heavy (non-hydrogen) atoms. The molecule has 144 valence electrons. The molecule has 1 N–H and O–H groups in total. The van der Waals surface area contributed by atoms with Crippen LogP contribution in [0.4, 0.5) is 0 Å². The molecule has 0 fully saturated rings. The van der Waals surface area contributed by atoms with Crippen molar-refractivity contribution in [3.05, 3.63) is 75.8 Å². The molecule has 2 aromatic carbocycles. The Balaban J connectivity index is 1.78. The van der Waals surface area contributed by atoms with Gasteiger partial charge in [0.1, 0.15) is 5.01 Å². The number of ether oxygens (including phenoxy) is 1. The summed E-state index contributed by atoms with van der Waals surface area (Å²) in [5.41, 5.74) is 3.92. The third kappa shape index (κ3) is 4.28. The minimum Gasteiger partial charge on any atom is -0.465 e. The Labute approximate surface area is 168 Å². The Morgan fingerprint density at radius 3 is 2.43 bits per heavy atom. The van der Waals surface area contributed by atoms with Gasteiger partial charge in [0, 0.05) is 11.1 Å². The fraction of sp³-hybridized carbons (Fsp3) is 0.227. The van der Waals surface area contributed by atoms with Crippen molar-refractivity contribution in [3.63, 3.8) is 0 Å². The van der Waals surface area contributed by atoms with E-state index < -0.39 is 5.97 Å². The van der Waals surface area contributed by atoms with E-state index >= 15 is 0 Å². The molecule has 5 nitrogen and oxygen atoms in total. The summed E-state index contributed by atoms with van der Waals surface area (Å²) in [6, 6.07) is 14.5. The number of rotatable bonds is 5. The van der Waals surface area contributed by atoms with E-state index in [9.17, 15) is 9.59 Å². The van der Waals surface area contributed by atoms with Crippen LogP contribution in [0.15, 0.2) is 48.5 Å². The van der Waals surface area contributed by atoms with Crippen molar-refractivity contribution in [2.24, 2.45) is 0 Å². The molecule has 0 saturated heterocycles. The molecule has 0 spiro atoms. The SMILES string of the molecule is COC(=O)c1cccc(C(=O)NC(C)c2sc(-c3ccc(C)cc3)nc2C)c1. The first kappa shape index (κ1) is 19.8. The van der Waals surface area contributed by atoms with Gasteiger partial charge in [-0.3, -0.25) is 4.79 Å². The first-order valence-electron chi connectivity index (χ1n) is 8.92. The molecule has 0 bridgehead atoms. The van der Waals surface area contributed by atoms with E-state index in [-0.39, 0.29) is 11.9 Å². The summed E-state index contributed by atoms with van der Waals surface area (Å²) in [5, 5.41) is 3.92. The van der Waals surface area contributed by atoms with E-state index in [0.717, 1.165) is 21.1 Å². The predicted molar refractivity (Wildman–Crippen MR) is 111 cm³/mol. The summed E-state index contributed by atoms with van der Waals surface area (Å²) in [6.45, 7) is 5.93. The summed E-state index contributed by atoms with van der Waals surface area (Å²) < 4.78 is 4.71. The smallest absolute Gasteiger partial charge is 0.337 e. The molecule has 0 saturated carbocycles. The van der Waals surface area contributed by atoms with Gasteiger partial charge in [0.05, 0.1) is 29.3 Å². The van der Waals surface area contributed by atoms with Gasteiger partial charge in [-0.2, -0.15) is 0 Å². The highest BCUT2D eigenvalue weighted by atomic mass is 32.1. The lowest BCUT2D eigenvalue weighted by molar-refractivity contribution is 0.0600. The molecule has 1 atom stereocenters. The maximum Gasteiger partial charge on any atom is 0.337 e. The summed E-state index contributed by atoms with van der Waals surface area (Å²) in [7, 11) is 1.31. The van der Waals surface area contributed by atoms with E-state index in [0.29, 0.717) is 11.1 Å². The highest BCUT2D eigenvalue weighted by molar-refractivity contribution is 7.15. The number of hydrogen-bond acceptors (Lipinski definition) is 5. The molecule has 0 radical (unpaired) electrons. The van der Waals surface area contributed by atoms with Gasteiger partial charge in [-0.15, -0.1) is 11.3 Å². The highest BCUT2D eigenvalue weighted by Gasteiger charge is 2.18. The van der Waals surface area contributed by atoms with E-state index in [1.165, 1.54) is 18.7 Å². The molecule has 1 heterocycles. The van der Waals surface area contributed by atoms with Crippen molar-refractivity contribution in [1.29, 1.82) is 0 Å². The lowest BCUT2D eigenvalue weighted by Gasteiger charge is -2.13. The Morgan fingerprint density at radius 2 is 1.75 bits per heavy atom. The van der Waals surface area contributed by atoms with Crippen LogP contribution in [0.3, 0.4) is 0 Å². The molecule has 1 aromatic heterocycles. The Kier molecular flexibility index (Phi) is 5.90. The van der Waals surface area contributed by atoms with Gasteiger partial charge >= 0.3 is 5.97 Å². The Morgan fingerprint density at radius 1 is 1.07 bits per heavy atom. The summed E-state index contributed by atoms with van der Waals surface area (Å²) >= 11 is 1.58. The number of hydrogen-bond donors (Lipinski definition) is 1. The largest absolute Gasteiger partial charge is 0.465 e. The number of thiazole rings is 1. The molecule has 3 rings (SSSR count). The van der Waals surface area contributed by atoms with Crippen LogP contribution >= 0.6 is 11.3 Å². The van der Waals surface area contributed by atoms with Crippen molar-refractivity contribution < 1.29 is 14.3 Å². The van der Waals surface area contributed by atoms with Crippen LogP contribution < -0.4 is 5.32 Å². The van der Waals surface area contributed by atoms with Crippen LogP contribution in [0, 0.1) is 13.8 Å². The summed E-state index contributed by atoms with van der Waals surface area (Å²) in [4.78, 5) is 30.0. The number of esters is 1. The predicted octanol–water partition coefficient (Wildman–Crippen LogP) is 4.70. The second-order valence-corrected chi connectivity index (χ2v) is 7.63. The average Bonchev–Trinajstić information content (AvgIpc) is 3.09. The number of aryl methyl sites for hydroxylation is 2. The number of nitrogens with one attached hydrogen (secondary N) is 1. The van der Waals surface area contributed by atoms with E-state index in [1.807, 2.05) is 13.8 Å². The van der Waals surface area contributed by atoms with Gasteiger partial charge in [0.15, 0.2) is 0 Å². The number of methoxy groups -OCH3 is 1. The summed E-state index contributed by atoms with van der Waals surface area (Å²) in [6.07, 6.45) is 0. The van der Waals surface area contributed by atoms with Crippen molar-refractivity contribution in [1.82, 2.24) is 10.3 Å². The number of benzene rings is 2. The van der Waals surface area contributed by atoms with Gasteiger partial charge in [-0.25, -0.2) is 9.78 Å². The number of carbonyl (C=O) groups excluding carboxylic acids is 2. The van der Waals surface area contributed by atoms with Gasteiger partial charge in [0.2, 0.25) is 0 Å². The zero-order chi connectivity index (χ0) is 20.3. The van der Waals surface area contributed by atoms with Crippen LogP contribution in [-0.2, 0) is 4.74 Å². The quantitative estimate of drug-likeness (QED) is 0.637. The minimum absolute atomic E-state index is 0.203. The molecule has 6 heteroatoms.